The number of para-hydroxylation sites is 1. The summed E-state index contributed by atoms with van der Waals surface area (Å²) in [5.41, 5.74) is 3.30. The molecule has 0 spiro atoms. The number of amides is 2. The van der Waals surface area contributed by atoms with E-state index in [1.54, 1.807) is 11.9 Å². The van der Waals surface area contributed by atoms with Gasteiger partial charge in [-0.1, -0.05) is 32.0 Å². The number of carbonyl (C=O) groups excluding carboxylic acids is 1. The summed E-state index contributed by atoms with van der Waals surface area (Å²) in [4.78, 5) is 14.1. The number of hydrogen-bond acceptors (Lipinski definition) is 3. The van der Waals surface area contributed by atoms with Crippen LogP contribution in [0, 0.1) is 0 Å². The number of rotatable bonds is 6. The lowest BCUT2D eigenvalue weighted by Gasteiger charge is -2.21. The predicted octanol–water partition coefficient (Wildman–Crippen LogP) is 3.04. The third-order valence-electron chi connectivity index (χ3n) is 3.97. The summed E-state index contributed by atoms with van der Waals surface area (Å²) in [6, 6.07) is 6.09. The van der Waals surface area contributed by atoms with Crippen molar-refractivity contribution in [3.63, 3.8) is 0 Å². The first-order valence-electron chi connectivity index (χ1n) is 8.01. The smallest absolute Gasteiger partial charge is 0.321 e. The van der Waals surface area contributed by atoms with Crippen molar-refractivity contribution in [1.29, 1.82) is 0 Å². The van der Waals surface area contributed by atoms with Crippen molar-refractivity contribution in [2.45, 2.75) is 39.4 Å². The van der Waals surface area contributed by atoms with Gasteiger partial charge in [0.05, 0.1) is 13.2 Å². The van der Waals surface area contributed by atoms with E-state index in [9.17, 15) is 4.79 Å². The lowest BCUT2D eigenvalue weighted by atomic mass is 10.0. The van der Waals surface area contributed by atoms with Crippen LogP contribution in [-0.2, 0) is 22.3 Å². The number of nitrogens with zero attached hydrogens (tertiary/aromatic N) is 1. The van der Waals surface area contributed by atoms with E-state index < -0.39 is 0 Å². The van der Waals surface area contributed by atoms with Gasteiger partial charge < -0.3 is 19.7 Å². The third-order valence-corrected chi connectivity index (χ3v) is 3.97. The molecule has 0 aromatic heterocycles. The fraction of sp³-hybridized carbons (Fsp3) is 0.588. The normalized spacial score (nSPS) is 15.0. The minimum absolute atomic E-state index is 0.0893. The Bertz CT molecular complexity index is 476. The fourth-order valence-electron chi connectivity index (χ4n) is 2.58. The number of aryl methyl sites for hydroxylation is 2. The molecule has 1 aromatic rings. The van der Waals surface area contributed by atoms with Crippen LogP contribution in [0.1, 0.15) is 31.4 Å². The van der Waals surface area contributed by atoms with Gasteiger partial charge in [-0.25, -0.2) is 4.79 Å². The Hall–Kier alpha value is -1.59. The minimum Gasteiger partial charge on any atom is -0.350 e. The Morgan fingerprint density at radius 1 is 1.23 bits per heavy atom. The summed E-state index contributed by atoms with van der Waals surface area (Å²) >= 11 is 0. The van der Waals surface area contributed by atoms with Gasteiger partial charge in [0.25, 0.3) is 0 Å². The third kappa shape index (κ3) is 4.21. The van der Waals surface area contributed by atoms with E-state index in [-0.39, 0.29) is 12.3 Å². The molecule has 0 radical (unpaired) electrons. The van der Waals surface area contributed by atoms with Crippen LogP contribution in [0.15, 0.2) is 18.2 Å². The van der Waals surface area contributed by atoms with Gasteiger partial charge >= 0.3 is 6.03 Å². The van der Waals surface area contributed by atoms with Crippen molar-refractivity contribution < 1.29 is 14.3 Å². The van der Waals surface area contributed by atoms with E-state index in [2.05, 4.69) is 31.3 Å². The number of benzene rings is 1. The molecule has 0 unspecified atom stereocenters. The molecule has 1 N–H and O–H groups in total. The maximum Gasteiger partial charge on any atom is 0.321 e. The molecule has 22 heavy (non-hydrogen) atoms. The van der Waals surface area contributed by atoms with E-state index in [0.29, 0.717) is 26.2 Å². The van der Waals surface area contributed by atoms with Gasteiger partial charge in [0, 0.05) is 25.7 Å². The van der Waals surface area contributed by atoms with Crippen molar-refractivity contribution in [3.8, 4) is 0 Å². The highest BCUT2D eigenvalue weighted by Crippen LogP contribution is 2.23. The topological polar surface area (TPSA) is 50.8 Å². The Balaban J connectivity index is 1.95. The second kappa shape index (κ2) is 8.15. The molecule has 1 heterocycles. The standard InChI is InChI=1S/C17H26N2O3/c1-4-13-7-6-8-14(5-2)16(13)18-17(20)19(3)10-9-15-21-11-12-22-15/h6-8,15H,4-5,9-12H2,1-3H3,(H,18,20). The number of urea groups is 1. The maximum absolute atomic E-state index is 12.4. The summed E-state index contributed by atoms with van der Waals surface area (Å²) in [6.45, 7) is 6.09. The Kier molecular flexibility index (Phi) is 6.21. The van der Waals surface area contributed by atoms with Gasteiger partial charge in [0.2, 0.25) is 0 Å². The molecule has 2 amide bonds. The Labute approximate surface area is 132 Å². The van der Waals surface area contributed by atoms with Gasteiger partial charge in [0.15, 0.2) is 6.29 Å². The van der Waals surface area contributed by atoms with Gasteiger partial charge in [-0.05, 0) is 24.0 Å². The SMILES string of the molecule is CCc1cccc(CC)c1NC(=O)N(C)CCC1OCCO1. The molecular formula is C17H26N2O3. The molecule has 122 valence electrons. The van der Waals surface area contributed by atoms with Gasteiger partial charge in [-0.2, -0.15) is 0 Å². The zero-order valence-corrected chi connectivity index (χ0v) is 13.7. The molecule has 1 aromatic carbocycles. The van der Waals surface area contributed by atoms with Crippen LogP contribution in [0.4, 0.5) is 10.5 Å². The summed E-state index contributed by atoms with van der Waals surface area (Å²) in [5, 5.41) is 3.06. The highest BCUT2D eigenvalue weighted by molar-refractivity contribution is 5.91. The molecule has 0 atom stereocenters. The van der Waals surface area contributed by atoms with Crippen LogP contribution in [0.2, 0.25) is 0 Å². The van der Waals surface area contributed by atoms with Crippen molar-refractivity contribution in [2.75, 3.05) is 32.1 Å². The van der Waals surface area contributed by atoms with E-state index in [0.717, 1.165) is 18.5 Å². The highest BCUT2D eigenvalue weighted by atomic mass is 16.7. The number of anilines is 1. The average Bonchev–Trinajstić information content (AvgIpc) is 3.06. The van der Waals surface area contributed by atoms with Crippen molar-refractivity contribution in [3.05, 3.63) is 29.3 Å². The maximum atomic E-state index is 12.4. The summed E-state index contributed by atoms with van der Waals surface area (Å²) in [6.07, 6.45) is 2.32. The molecule has 0 saturated carbocycles. The quantitative estimate of drug-likeness (QED) is 0.879. The highest BCUT2D eigenvalue weighted by Gasteiger charge is 2.18. The van der Waals surface area contributed by atoms with Crippen LogP contribution in [0.25, 0.3) is 0 Å². The summed E-state index contributed by atoms with van der Waals surface area (Å²) < 4.78 is 10.8. The lowest BCUT2D eigenvalue weighted by molar-refractivity contribution is -0.0488. The monoisotopic (exact) mass is 306 g/mol. The molecule has 0 aliphatic carbocycles. The van der Waals surface area contributed by atoms with Crippen LogP contribution in [0.3, 0.4) is 0 Å². The number of nitrogens with one attached hydrogen (secondary N) is 1. The summed E-state index contributed by atoms with van der Waals surface area (Å²) in [5.74, 6) is 0. The number of carbonyl (C=O) groups is 1. The molecule has 1 aliphatic rings. The number of ether oxygens (including phenoxy) is 2. The zero-order chi connectivity index (χ0) is 15.9. The Morgan fingerprint density at radius 2 is 1.82 bits per heavy atom. The lowest BCUT2D eigenvalue weighted by Crippen LogP contribution is -2.34. The second-order valence-electron chi connectivity index (χ2n) is 5.47. The van der Waals surface area contributed by atoms with E-state index >= 15 is 0 Å². The zero-order valence-electron chi connectivity index (χ0n) is 13.7. The van der Waals surface area contributed by atoms with Crippen molar-refractivity contribution in [2.24, 2.45) is 0 Å². The number of hydrogen-bond donors (Lipinski definition) is 1. The molecule has 1 saturated heterocycles. The first-order valence-corrected chi connectivity index (χ1v) is 8.01. The molecule has 5 nitrogen and oxygen atoms in total. The van der Waals surface area contributed by atoms with E-state index in [1.807, 2.05) is 6.07 Å². The van der Waals surface area contributed by atoms with Crippen molar-refractivity contribution >= 4 is 11.7 Å². The predicted molar refractivity (Wildman–Crippen MR) is 87.2 cm³/mol. The molecule has 2 rings (SSSR count). The molecule has 5 heteroatoms. The minimum atomic E-state index is -0.176. The van der Waals surface area contributed by atoms with Gasteiger partial charge in [-0.3, -0.25) is 0 Å². The molecular weight excluding hydrogens is 280 g/mol. The average molecular weight is 306 g/mol. The van der Waals surface area contributed by atoms with Crippen molar-refractivity contribution in [1.82, 2.24) is 4.90 Å². The molecule has 0 bridgehead atoms. The Morgan fingerprint density at radius 3 is 2.36 bits per heavy atom. The molecule has 1 fully saturated rings. The van der Waals surface area contributed by atoms with E-state index in [1.165, 1.54) is 11.1 Å². The van der Waals surface area contributed by atoms with E-state index in [4.69, 9.17) is 9.47 Å². The first-order chi connectivity index (χ1) is 10.7. The van der Waals surface area contributed by atoms with Crippen LogP contribution >= 0.6 is 0 Å². The van der Waals surface area contributed by atoms with Crippen LogP contribution in [0.5, 0.6) is 0 Å². The second-order valence-corrected chi connectivity index (χ2v) is 5.47. The van der Waals surface area contributed by atoms with Gasteiger partial charge in [-0.15, -0.1) is 0 Å². The summed E-state index contributed by atoms with van der Waals surface area (Å²) in [7, 11) is 1.80. The van der Waals surface area contributed by atoms with Crippen LogP contribution in [-0.4, -0.2) is 44.0 Å². The van der Waals surface area contributed by atoms with Gasteiger partial charge in [0.1, 0.15) is 0 Å². The van der Waals surface area contributed by atoms with Crippen LogP contribution < -0.4 is 5.32 Å². The molecule has 1 aliphatic heterocycles. The first kappa shape index (κ1) is 16.8. The fourth-order valence-corrected chi connectivity index (χ4v) is 2.58. The largest absolute Gasteiger partial charge is 0.350 e.